The van der Waals surface area contributed by atoms with E-state index in [0.29, 0.717) is 16.5 Å². The van der Waals surface area contributed by atoms with Gasteiger partial charge in [-0.2, -0.15) is 23.3 Å². The first kappa shape index (κ1) is 23.3. The number of carbonyl (C=O) groups excluding carboxylic acids is 1. The quantitative estimate of drug-likeness (QED) is 0.341. The van der Waals surface area contributed by atoms with E-state index in [4.69, 9.17) is 11.6 Å². The number of alkyl halides is 3. The Morgan fingerprint density at radius 1 is 1.03 bits per heavy atom. The molecule has 1 heterocycles. The number of hydrogen-bond acceptors (Lipinski definition) is 2. The number of aliphatic imine (C=N–C) groups is 1. The molecule has 3 aromatic rings. The van der Waals surface area contributed by atoms with Gasteiger partial charge < -0.3 is 10.6 Å². The third-order valence-corrected chi connectivity index (χ3v) is 4.39. The Balaban J connectivity index is 1.83. The van der Waals surface area contributed by atoms with E-state index in [1.54, 1.807) is 18.2 Å². The van der Waals surface area contributed by atoms with Crippen LogP contribution in [0.25, 0.3) is 11.3 Å². The number of amides is 1. The van der Waals surface area contributed by atoms with Crippen LogP contribution in [0.2, 0.25) is 5.02 Å². The number of nitrogens with one attached hydrogen (secondary N) is 3. The lowest BCUT2D eigenvalue weighted by molar-refractivity contribution is -0.137. The second kappa shape index (κ2) is 9.04. The number of hydrogen-bond donors (Lipinski definition) is 3. The number of rotatable bonds is 3. The number of halogens is 4. The zero-order valence-electron chi connectivity index (χ0n) is 17.5. The molecule has 0 unspecified atom stereocenters. The minimum Gasteiger partial charge on any atom is -0.351 e. The van der Waals surface area contributed by atoms with Crippen LogP contribution in [0.4, 0.5) is 19.0 Å². The van der Waals surface area contributed by atoms with Crippen LogP contribution in [0.1, 0.15) is 36.7 Å². The number of aromatic amines is 1. The van der Waals surface area contributed by atoms with Gasteiger partial charge in [0.1, 0.15) is 5.82 Å². The Labute approximate surface area is 187 Å². The summed E-state index contributed by atoms with van der Waals surface area (Å²) in [5.41, 5.74) is 0.219. The maximum absolute atomic E-state index is 12.8. The second-order valence-electron chi connectivity index (χ2n) is 8.01. The predicted octanol–water partition coefficient (Wildman–Crippen LogP) is 5.75. The summed E-state index contributed by atoms with van der Waals surface area (Å²) in [5.74, 6) is -0.116. The van der Waals surface area contributed by atoms with E-state index in [1.165, 1.54) is 0 Å². The summed E-state index contributed by atoms with van der Waals surface area (Å²) in [6.45, 7) is 5.62. The number of nitrogens with zero attached hydrogens (tertiary/aromatic N) is 2. The van der Waals surface area contributed by atoms with Crippen molar-refractivity contribution in [2.45, 2.75) is 32.5 Å². The largest absolute Gasteiger partial charge is 0.416 e. The molecule has 3 N–H and O–H groups in total. The number of carbonyl (C=O) groups is 1. The molecule has 32 heavy (non-hydrogen) atoms. The van der Waals surface area contributed by atoms with E-state index in [1.807, 2.05) is 32.9 Å². The van der Waals surface area contributed by atoms with Crippen molar-refractivity contribution < 1.29 is 18.0 Å². The normalized spacial score (nSPS) is 12.5. The number of anilines is 1. The van der Waals surface area contributed by atoms with Crippen molar-refractivity contribution in [3.63, 3.8) is 0 Å². The van der Waals surface area contributed by atoms with Crippen LogP contribution in [0, 0.1) is 0 Å². The van der Waals surface area contributed by atoms with Gasteiger partial charge in [0.15, 0.2) is 0 Å². The standard InChI is InChI=1S/C22H21ClF3N5O/c1-21(2,3)29-20(28-19(32)14-4-8-15(9-5-14)22(24,25)26)27-18-12-17(30-31-18)13-6-10-16(23)11-7-13/h4-12H,1-3H3,(H3,27,28,29,30,31,32). The Hall–Kier alpha value is -3.33. The van der Waals surface area contributed by atoms with Crippen LogP contribution in [0.3, 0.4) is 0 Å². The van der Waals surface area contributed by atoms with Gasteiger partial charge in [-0.3, -0.25) is 9.89 Å². The smallest absolute Gasteiger partial charge is 0.351 e. The van der Waals surface area contributed by atoms with E-state index in [2.05, 4.69) is 25.8 Å². The Bertz CT molecular complexity index is 1110. The molecular weight excluding hydrogens is 443 g/mol. The van der Waals surface area contributed by atoms with Crippen molar-refractivity contribution in [2.75, 3.05) is 5.32 Å². The molecule has 1 aromatic heterocycles. The average molecular weight is 464 g/mol. The van der Waals surface area contributed by atoms with Crippen molar-refractivity contribution in [1.29, 1.82) is 0 Å². The Kier molecular flexibility index (Phi) is 6.59. The van der Waals surface area contributed by atoms with Gasteiger partial charge in [-0.1, -0.05) is 23.7 Å². The molecule has 1 amide bonds. The highest BCUT2D eigenvalue weighted by Gasteiger charge is 2.30. The van der Waals surface area contributed by atoms with Crippen molar-refractivity contribution >= 4 is 29.3 Å². The summed E-state index contributed by atoms with van der Waals surface area (Å²) in [7, 11) is 0. The Morgan fingerprint density at radius 3 is 2.22 bits per heavy atom. The van der Waals surface area contributed by atoms with Gasteiger partial charge in [-0.15, -0.1) is 0 Å². The molecule has 6 nitrogen and oxygen atoms in total. The third kappa shape index (κ3) is 6.34. The molecule has 10 heteroatoms. The molecule has 0 radical (unpaired) electrons. The number of H-pyrrole nitrogens is 1. The van der Waals surface area contributed by atoms with Gasteiger partial charge in [0.2, 0.25) is 5.96 Å². The lowest BCUT2D eigenvalue weighted by atomic mass is 10.1. The maximum atomic E-state index is 12.8. The van der Waals surface area contributed by atoms with Crippen LogP contribution >= 0.6 is 11.6 Å². The van der Waals surface area contributed by atoms with Crippen molar-refractivity contribution in [3.8, 4) is 11.3 Å². The first-order valence-corrected chi connectivity index (χ1v) is 9.95. The predicted molar refractivity (Wildman–Crippen MR) is 119 cm³/mol. The SMILES string of the molecule is CC(C)(C)N/C(=N/C(=O)c1ccc(C(F)(F)F)cc1)Nc1cc(-c2ccc(Cl)cc2)n[nH]1. The first-order chi connectivity index (χ1) is 14.9. The lowest BCUT2D eigenvalue weighted by Gasteiger charge is -2.23. The van der Waals surface area contributed by atoms with Crippen LogP contribution in [-0.2, 0) is 6.18 Å². The molecule has 2 aromatic carbocycles. The fraction of sp³-hybridized carbons (Fsp3) is 0.227. The van der Waals surface area contributed by atoms with Crippen LogP contribution in [0.5, 0.6) is 0 Å². The molecule has 0 atom stereocenters. The molecule has 3 rings (SSSR count). The van der Waals surface area contributed by atoms with Gasteiger partial charge in [0.25, 0.3) is 5.91 Å². The first-order valence-electron chi connectivity index (χ1n) is 9.57. The van der Waals surface area contributed by atoms with Gasteiger partial charge in [-0.05, 0) is 57.2 Å². The molecule has 0 aliphatic rings. The second-order valence-corrected chi connectivity index (χ2v) is 8.45. The summed E-state index contributed by atoms with van der Waals surface area (Å²) in [5, 5.41) is 13.7. The van der Waals surface area contributed by atoms with Crippen LogP contribution in [-0.4, -0.2) is 27.6 Å². The summed E-state index contributed by atoms with van der Waals surface area (Å²) in [6, 6.07) is 12.7. The molecule has 0 spiro atoms. The highest BCUT2D eigenvalue weighted by atomic mass is 35.5. The van der Waals surface area contributed by atoms with E-state index in [0.717, 1.165) is 29.8 Å². The summed E-state index contributed by atoms with van der Waals surface area (Å²) in [4.78, 5) is 16.6. The van der Waals surface area contributed by atoms with Crippen LogP contribution in [0.15, 0.2) is 59.6 Å². The topological polar surface area (TPSA) is 82.2 Å². The monoisotopic (exact) mass is 463 g/mol. The number of guanidine groups is 1. The van der Waals surface area contributed by atoms with Crippen molar-refractivity contribution in [1.82, 2.24) is 15.5 Å². The van der Waals surface area contributed by atoms with Crippen molar-refractivity contribution in [2.24, 2.45) is 4.99 Å². The van der Waals surface area contributed by atoms with E-state index >= 15 is 0 Å². The summed E-state index contributed by atoms with van der Waals surface area (Å²) < 4.78 is 38.3. The average Bonchev–Trinajstić information content (AvgIpc) is 3.15. The fourth-order valence-electron chi connectivity index (χ4n) is 2.69. The van der Waals surface area contributed by atoms with E-state index in [9.17, 15) is 18.0 Å². The zero-order valence-corrected chi connectivity index (χ0v) is 18.3. The molecule has 0 saturated heterocycles. The number of benzene rings is 2. The third-order valence-electron chi connectivity index (χ3n) is 4.14. The molecule has 0 aliphatic carbocycles. The molecule has 0 fully saturated rings. The molecule has 0 saturated carbocycles. The van der Waals surface area contributed by atoms with Gasteiger partial charge in [-0.25, -0.2) is 0 Å². The summed E-state index contributed by atoms with van der Waals surface area (Å²) >= 11 is 5.91. The molecule has 0 aliphatic heterocycles. The zero-order chi connectivity index (χ0) is 23.5. The van der Waals surface area contributed by atoms with Gasteiger partial charge in [0, 0.05) is 27.8 Å². The highest BCUT2D eigenvalue weighted by Crippen LogP contribution is 2.29. The molecule has 0 bridgehead atoms. The fourth-order valence-corrected chi connectivity index (χ4v) is 2.82. The van der Waals surface area contributed by atoms with Gasteiger partial charge in [0.05, 0.1) is 11.3 Å². The Morgan fingerprint density at radius 2 is 1.66 bits per heavy atom. The van der Waals surface area contributed by atoms with E-state index in [-0.39, 0.29) is 11.5 Å². The summed E-state index contributed by atoms with van der Waals surface area (Å²) in [6.07, 6.45) is -4.48. The minimum atomic E-state index is -4.48. The molecular formula is C22H21ClF3N5O. The highest BCUT2D eigenvalue weighted by molar-refractivity contribution is 6.30. The van der Waals surface area contributed by atoms with E-state index < -0.39 is 23.2 Å². The number of aromatic nitrogens is 2. The minimum absolute atomic E-state index is 0.0273. The van der Waals surface area contributed by atoms with Gasteiger partial charge >= 0.3 is 6.18 Å². The maximum Gasteiger partial charge on any atom is 0.416 e. The van der Waals surface area contributed by atoms with Crippen LogP contribution < -0.4 is 10.6 Å². The lowest BCUT2D eigenvalue weighted by Crippen LogP contribution is -2.44. The molecule has 168 valence electrons. The van der Waals surface area contributed by atoms with Crippen molar-refractivity contribution in [3.05, 3.63) is 70.7 Å².